The van der Waals surface area contributed by atoms with Gasteiger partial charge in [0.1, 0.15) is 11.5 Å². The fraction of sp³-hybridized carbons (Fsp3) is 0. The molecule has 23 heavy (non-hydrogen) atoms. The standard InChI is InChI=1S/C22H16O/c1-2-8-18-14-16-20-10-4-6-12-22(20)23-21-11-5-3-9-19(21)15-13-17(18)7-1/h1-16H/b15-13+,16-14+. The monoisotopic (exact) mass is 296 g/mol. The molecule has 0 spiro atoms. The third kappa shape index (κ3) is 2.82. The van der Waals surface area contributed by atoms with Crippen molar-refractivity contribution in [1.29, 1.82) is 0 Å². The number of ether oxygens (including phenoxy) is 1. The zero-order chi connectivity index (χ0) is 15.5. The molecule has 3 aromatic rings. The van der Waals surface area contributed by atoms with E-state index in [0.717, 1.165) is 22.6 Å². The molecule has 0 aliphatic carbocycles. The topological polar surface area (TPSA) is 9.23 Å². The highest BCUT2D eigenvalue weighted by molar-refractivity contribution is 5.82. The van der Waals surface area contributed by atoms with Crippen LogP contribution < -0.4 is 4.74 Å². The summed E-state index contributed by atoms with van der Waals surface area (Å²) < 4.78 is 6.17. The van der Waals surface area contributed by atoms with Gasteiger partial charge in [-0.15, -0.1) is 0 Å². The summed E-state index contributed by atoms with van der Waals surface area (Å²) in [5.74, 6) is 1.73. The van der Waals surface area contributed by atoms with Gasteiger partial charge in [0.25, 0.3) is 0 Å². The molecule has 0 amide bonds. The minimum atomic E-state index is 0.865. The van der Waals surface area contributed by atoms with E-state index in [1.54, 1.807) is 0 Å². The second-order valence-corrected chi connectivity index (χ2v) is 5.47. The molecule has 1 aliphatic heterocycles. The summed E-state index contributed by atoms with van der Waals surface area (Å²) in [5.41, 5.74) is 4.52. The molecular weight excluding hydrogens is 280 g/mol. The van der Waals surface area contributed by atoms with Crippen molar-refractivity contribution >= 4 is 24.3 Å². The van der Waals surface area contributed by atoms with Crippen molar-refractivity contribution in [3.8, 4) is 11.5 Å². The SMILES string of the molecule is C1=C/c2ccccc2Oc2ccccc2/C=C/c2ccccc2/1. The molecule has 0 saturated heterocycles. The van der Waals surface area contributed by atoms with Gasteiger partial charge in [-0.3, -0.25) is 0 Å². The Morgan fingerprint density at radius 1 is 0.391 bits per heavy atom. The van der Waals surface area contributed by atoms with Gasteiger partial charge in [0.05, 0.1) is 0 Å². The first-order chi connectivity index (χ1) is 11.4. The summed E-state index contributed by atoms with van der Waals surface area (Å²) in [7, 11) is 0. The minimum Gasteiger partial charge on any atom is -0.456 e. The Morgan fingerprint density at radius 3 is 1.22 bits per heavy atom. The maximum Gasteiger partial charge on any atom is 0.134 e. The average molecular weight is 296 g/mol. The number of hydrogen-bond donors (Lipinski definition) is 0. The maximum atomic E-state index is 6.17. The second kappa shape index (κ2) is 5.98. The molecule has 110 valence electrons. The van der Waals surface area contributed by atoms with E-state index in [1.807, 2.05) is 36.4 Å². The van der Waals surface area contributed by atoms with Crippen LogP contribution in [0.25, 0.3) is 24.3 Å². The normalized spacial score (nSPS) is 15.1. The van der Waals surface area contributed by atoms with E-state index in [4.69, 9.17) is 4.74 Å². The molecule has 0 fully saturated rings. The van der Waals surface area contributed by atoms with Crippen molar-refractivity contribution in [3.63, 3.8) is 0 Å². The van der Waals surface area contributed by atoms with Gasteiger partial charge < -0.3 is 4.74 Å². The molecule has 4 rings (SSSR count). The van der Waals surface area contributed by atoms with Crippen molar-refractivity contribution in [2.75, 3.05) is 0 Å². The van der Waals surface area contributed by atoms with Crippen LogP contribution >= 0.6 is 0 Å². The van der Waals surface area contributed by atoms with E-state index in [9.17, 15) is 0 Å². The highest BCUT2D eigenvalue weighted by Gasteiger charge is 2.07. The number of rotatable bonds is 0. The van der Waals surface area contributed by atoms with Gasteiger partial charge in [0.15, 0.2) is 0 Å². The molecule has 0 saturated carbocycles. The van der Waals surface area contributed by atoms with E-state index < -0.39 is 0 Å². The van der Waals surface area contributed by atoms with E-state index in [-0.39, 0.29) is 0 Å². The molecule has 1 nitrogen and oxygen atoms in total. The average Bonchev–Trinajstić information content (AvgIpc) is 2.63. The Labute approximate surface area is 136 Å². The number of benzene rings is 3. The molecule has 0 N–H and O–H groups in total. The van der Waals surface area contributed by atoms with Gasteiger partial charge in [-0.2, -0.15) is 0 Å². The van der Waals surface area contributed by atoms with E-state index in [2.05, 4.69) is 60.7 Å². The van der Waals surface area contributed by atoms with Crippen LogP contribution in [0, 0.1) is 0 Å². The third-order valence-corrected chi connectivity index (χ3v) is 3.94. The predicted molar refractivity (Wildman–Crippen MR) is 97.3 cm³/mol. The summed E-state index contributed by atoms with van der Waals surface area (Å²) in [5, 5.41) is 0. The maximum absolute atomic E-state index is 6.17. The molecule has 1 heterocycles. The zero-order valence-electron chi connectivity index (χ0n) is 12.6. The van der Waals surface area contributed by atoms with Crippen LogP contribution in [0.4, 0.5) is 0 Å². The lowest BCUT2D eigenvalue weighted by atomic mass is 10.0. The lowest BCUT2D eigenvalue weighted by Gasteiger charge is -2.10. The number of hydrogen-bond acceptors (Lipinski definition) is 1. The van der Waals surface area contributed by atoms with Crippen molar-refractivity contribution in [2.24, 2.45) is 0 Å². The first-order valence-corrected chi connectivity index (χ1v) is 7.71. The molecule has 0 aromatic heterocycles. The fourth-order valence-corrected chi connectivity index (χ4v) is 2.71. The second-order valence-electron chi connectivity index (χ2n) is 5.47. The van der Waals surface area contributed by atoms with Crippen molar-refractivity contribution in [2.45, 2.75) is 0 Å². The lowest BCUT2D eigenvalue weighted by Crippen LogP contribution is -1.89. The van der Waals surface area contributed by atoms with Crippen LogP contribution in [-0.4, -0.2) is 0 Å². The van der Waals surface area contributed by atoms with E-state index in [1.165, 1.54) is 11.1 Å². The largest absolute Gasteiger partial charge is 0.456 e. The van der Waals surface area contributed by atoms with Crippen LogP contribution in [0.5, 0.6) is 11.5 Å². The van der Waals surface area contributed by atoms with E-state index >= 15 is 0 Å². The van der Waals surface area contributed by atoms with E-state index in [0.29, 0.717) is 0 Å². The fourth-order valence-electron chi connectivity index (χ4n) is 2.71. The van der Waals surface area contributed by atoms with Crippen LogP contribution in [-0.2, 0) is 0 Å². The summed E-state index contributed by atoms with van der Waals surface area (Å²) in [6.45, 7) is 0. The number of para-hydroxylation sites is 2. The molecule has 0 atom stereocenters. The molecule has 0 radical (unpaired) electrons. The molecule has 1 heteroatoms. The van der Waals surface area contributed by atoms with Crippen LogP contribution in [0.2, 0.25) is 0 Å². The van der Waals surface area contributed by atoms with Gasteiger partial charge >= 0.3 is 0 Å². The molecule has 3 aromatic carbocycles. The van der Waals surface area contributed by atoms with Crippen molar-refractivity contribution in [3.05, 3.63) is 95.1 Å². The third-order valence-electron chi connectivity index (χ3n) is 3.94. The summed E-state index contributed by atoms with van der Waals surface area (Å²) >= 11 is 0. The van der Waals surface area contributed by atoms with Gasteiger partial charge in [-0.1, -0.05) is 85.0 Å². The Kier molecular flexibility index (Phi) is 3.53. The van der Waals surface area contributed by atoms with Crippen LogP contribution in [0.3, 0.4) is 0 Å². The molecule has 0 bridgehead atoms. The summed E-state index contributed by atoms with van der Waals surface area (Å²) in [4.78, 5) is 0. The smallest absolute Gasteiger partial charge is 0.134 e. The Bertz CT molecular complexity index is 829. The first kappa shape index (κ1) is 13.6. The van der Waals surface area contributed by atoms with Crippen LogP contribution in [0.15, 0.2) is 72.8 Å². The highest BCUT2D eigenvalue weighted by atomic mass is 16.5. The quantitative estimate of drug-likeness (QED) is 0.379. The molecular formula is C22H16O. The van der Waals surface area contributed by atoms with Gasteiger partial charge in [-0.25, -0.2) is 0 Å². The highest BCUT2D eigenvalue weighted by Crippen LogP contribution is 2.31. The summed E-state index contributed by atoms with van der Waals surface area (Å²) in [6.07, 6.45) is 8.49. The molecule has 1 aliphatic rings. The molecule has 0 unspecified atom stereocenters. The van der Waals surface area contributed by atoms with Crippen molar-refractivity contribution < 1.29 is 4.74 Å². The Balaban J connectivity index is 1.95. The first-order valence-electron chi connectivity index (χ1n) is 7.71. The zero-order valence-corrected chi connectivity index (χ0v) is 12.6. The Hall–Kier alpha value is -3.06. The Morgan fingerprint density at radius 2 is 0.739 bits per heavy atom. The van der Waals surface area contributed by atoms with Crippen LogP contribution in [0.1, 0.15) is 22.3 Å². The van der Waals surface area contributed by atoms with Crippen molar-refractivity contribution in [1.82, 2.24) is 0 Å². The minimum absolute atomic E-state index is 0.865. The summed E-state index contributed by atoms with van der Waals surface area (Å²) in [6, 6.07) is 24.6. The van der Waals surface area contributed by atoms with Gasteiger partial charge in [0.2, 0.25) is 0 Å². The predicted octanol–water partition coefficient (Wildman–Crippen LogP) is 6.13. The lowest BCUT2D eigenvalue weighted by molar-refractivity contribution is 0.480. The van der Waals surface area contributed by atoms with Gasteiger partial charge in [0, 0.05) is 11.1 Å². The van der Waals surface area contributed by atoms with Gasteiger partial charge in [-0.05, 0) is 23.3 Å². The number of fused-ring (bicyclic) bond motifs is 3.